The Morgan fingerprint density at radius 3 is 2.55 bits per heavy atom. The van der Waals surface area contributed by atoms with Crippen LogP contribution in [0.2, 0.25) is 0 Å². The van der Waals surface area contributed by atoms with E-state index in [0.29, 0.717) is 12.0 Å². The van der Waals surface area contributed by atoms with Gasteiger partial charge >= 0.3 is 0 Å². The molecule has 5 rings (SSSR count). The third-order valence-electron chi connectivity index (χ3n) is 6.64. The number of likely N-dealkylation sites (tertiary alicyclic amines) is 1. The second-order valence-electron chi connectivity index (χ2n) is 9.45. The molecule has 33 heavy (non-hydrogen) atoms. The van der Waals surface area contributed by atoms with E-state index in [9.17, 15) is 4.39 Å². The lowest BCUT2D eigenvalue weighted by Crippen LogP contribution is -2.35. The van der Waals surface area contributed by atoms with Crippen molar-refractivity contribution in [1.82, 2.24) is 19.4 Å². The van der Waals surface area contributed by atoms with Crippen LogP contribution in [0.5, 0.6) is 0 Å². The summed E-state index contributed by atoms with van der Waals surface area (Å²) in [6.07, 6.45) is 5.10. The van der Waals surface area contributed by atoms with E-state index in [2.05, 4.69) is 59.7 Å². The predicted octanol–water partition coefficient (Wildman–Crippen LogP) is 6.12. The first-order valence-electron chi connectivity index (χ1n) is 11.9. The third kappa shape index (κ3) is 4.83. The van der Waals surface area contributed by atoms with Crippen LogP contribution in [0.4, 0.5) is 4.39 Å². The van der Waals surface area contributed by atoms with E-state index in [-0.39, 0.29) is 5.82 Å². The molecule has 1 aliphatic heterocycles. The average Bonchev–Trinajstić information content (AvgIpc) is 3.19. The Labute approximate surface area is 195 Å². The number of piperidine rings is 1. The third-order valence-corrected chi connectivity index (χ3v) is 6.64. The summed E-state index contributed by atoms with van der Waals surface area (Å²) in [5.74, 6) is 1.39. The Morgan fingerprint density at radius 2 is 1.79 bits per heavy atom. The molecule has 4 aromatic rings. The molecule has 1 fully saturated rings. The lowest BCUT2D eigenvalue weighted by molar-refractivity contribution is 0.191. The van der Waals surface area contributed by atoms with Crippen molar-refractivity contribution in [1.29, 1.82) is 0 Å². The molecule has 4 nitrogen and oxygen atoms in total. The van der Waals surface area contributed by atoms with E-state index < -0.39 is 0 Å². The largest absolute Gasteiger partial charge is 0.324 e. The molecule has 1 saturated heterocycles. The quantitative estimate of drug-likeness (QED) is 0.361. The highest BCUT2D eigenvalue weighted by Crippen LogP contribution is 2.28. The van der Waals surface area contributed by atoms with Gasteiger partial charge in [0, 0.05) is 30.4 Å². The number of pyridine rings is 1. The molecule has 0 saturated carbocycles. The maximum Gasteiger partial charge on any atom is 0.124 e. The standard InChI is InChI=1S/C28H31FN4/c1-20(2)33-27-8-4-3-7-26(27)31-28(33)19-32-15-5-6-23(18-32)25-14-11-22(17-30-25)16-21-9-12-24(29)13-10-21/h3-4,7-14,17,20,23H,5-6,15-16,18-19H2,1-2H3/t23-/m0/s1. The number of para-hydroxylation sites is 2. The second kappa shape index (κ2) is 9.44. The first-order chi connectivity index (χ1) is 16.1. The van der Waals surface area contributed by atoms with Crippen molar-refractivity contribution in [2.24, 2.45) is 0 Å². The van der Waals surface area contributed by atoms with Crippen molar-refractivity contribution in [3.63, 3.8) is 0 Å². The first-order valence-corrected chi connectivity index (χ1v) is 11.9. The van der Waals surface area contributed by atoms with Gasteiger partial charge in [0.1, 0.15) is 11.6 Å². The van der Waals surface area contributed by atoms with Crippen LogP contribution in [-0.2, 0) is 13.0 Å². The van der Waals surface area contributed by atoms with Crippen LogP contribution in [0, 0.1) is 5.82 Å². The lowest BCUT2D eigenvalue weighted by Gasteiger charge is -2.32. The van der Waals surface area contributed by atoms with Gasteiger partial charge in [0.15, 0.2) is 0 Å². The van der Waals surface area contributed by atoms with Gasteiger partial charge in [-0.1, -0.05) is 30.3 Å². The van der Waals surface area contributed by atoms with E-state index in [1.807, 2.05) is 18.3 Å². The maximum atomic E-state index is 13.1. The molecule has 0 radical (unpaired) electrons. The molecule has 5 heteroatoms. The van der Waals surface area contributed by atoms with Crippen molar-refractivity contribution in [3.8, 4) is 0 Å². The maximum absolute atomic E-state index is 13.1. The summed E-state index contributed by atoms with van der Waals surface area (Å²) in [5, 5.41) is 0. The van der Waals surface area contributed by atoms with Gasteiger partial charge in [0.2, 0.25) is 0 Å². The van der Waals surface area contributed by atoms with Crippen molar-refractivity contribution in [2.45, 2.75) is 51.6 Å². The number of rotatable bonds is 6. The Morgan fingerprint density at radius 1 is 1.00 bits per heavy atom. The number of fused-ring (bicyclic) bond motifs is 1. The van der Waals surface area contributed by atoms with Gasteiger partial charge in [-0.25, -0.2) is 9.37 Å². The Hall–Kier alpha value is -3.05. The molecule has 1 atom stereocenters. The van der Waals surface area contributed by atoms with E-state index in [1.54, 1.807) is 0 Å². The minimum Gasteiger partial charge on any atom is -0.324 e. The summed E-state index contributed by atoms with van der Waals surface area (Å²) in [6, 6.07) is 19.9. The Kier molecular flexibility index (Phi) is 6.23. The van der Waals surface area contributed by atoms with Gasteiger partial charge in [0.05, 0.1) is 17.6 Å². The molecule has 3 heterocycles. The molecule has 0 bridgehead atoms. The summed E-state index contributed by atoms with van der Waals surface area (Å²) >= 11 is 0. The zero-order valence-corrected chi connectivity index (χ0v) is 19.4. The molecule has 0 N–H and O–H groups in total. The highest BCUT2D eigenvalue weighted by Gasteiger charge is 2.24. The van der Waals surface area contributed by atoms with Crippen molar-refractivity contribution in [3.05, 3.63) is 95.3 Å². The summed E-state index contributed by atoms with van der Waals surface area (Å²) in [6.45, 7) is 7.43. The first kappa shape index (κ1) is 21.8. The summed E-state index contributed by atoms with van der Waals surface area (Å²) in [4.78, 5) is 12.3. The number of aromatic nitrogens is 3. The summed E-state index contributed by atoms with van der Waals surface area (Å²) in [7, 11) is 0. The molecule has 2 aromatic heterocycles. The minimum absolute atomic E-state index is 0.196. The fourth-order valence-corrected chi connectivity index (χ4v) is 5.04. The molecular weight excluding hydrogens is 411 g/mol. The van der Waals surface area contributed by atoms with Gasteiger partial charge in [-0.15, -0.1) is 0 Å². The number of imidazole rings is 1. The molecule has 1 aliphatic rings. The zero-order valence-electron chi connectivity index (χ0n) is 19.4. The second-order valence-corrected chi connectivity index (χ2v) is 9.45. The number of halogens is 1. The van der Waals surface area contributed by atoms with Gasteiger partial charge in [-0.05, 0) is 81.1 Å². The van der Waals surface area contributed by atoms with Gasteiger partial charge < -0.3 is 4.57 Å². The molecule has 2 aromatic carbocycles. The van der Waals surface area contributed by atoms with Crippen molar-refractivity contribution < 1.29 is 4.39 Å². The van der Waals surface area contributed by atoms with Gasteiger partial charge in [-0.2, -0.15) is 0 Å². The van der Waals surface area contributed by atoms with Crippen LogP contribution < -0.4 is 0 Å². The van der Waals surface area contributed by atoms with Crippen LogP contribution in [0.25, 0.3) is 11.0 Å². The monoisotopic (exact) mass is 442 g/mol. The van der Waals surface area contributed by atoms with Crippen LogP contribution in [0.1, 0.15) is 61.3 Å². The highest BCUT2D eigenvalue weighted by molar-refractivity contribution is 5.76. The van der Waals surface area contributed by atoms with E-state index in [4.69, 9.17) is 9.97 Å². The van der Waals surface area contributed by atoms with Crippen LogP contribution in [-0.4, -0.2) is 32.5 Å². The van der Waals surface area contributed by atoms with E-state index in [1.165, 1.54) is 36.2 Å². The van der Waals surface area contributed by atoms with Crippen LogP contribution >= 0.6 is 0 Å². The zero-order chi connectivity index (χ0) is 22.8. The lowest BCUT2D eigenvalue weighted by atomic mass is 9.93. The average molecular weight is 443 g/mol. The van der Waals surface area contributed by atoms with Gasteiger partial charge in [0.25, 0.3) is 0 Å². The summed E-state index contributed by atoms with van der Waals surface area (Å²) < 4.78 is 15.5. The van der Waals surface area contributed by atoms with E-state index in [0.717, 1.165) is 48.5 Å². The highest BCUT2D eigenvalue weighted by atomic mass is 19.1. The molecular formula is C28H31FN4. The van der Waals surface area contributed by atoms with Gasteiger partial charge in [-0.3, -0.25) is 9.88 Å². The number of benzene rings is 2. The SMILES string of the molecule is CC(C)n1c(CN2CCC[C@H](c3ccc(Cc4ccc(F)cc4)cn3)C2)nc2ccccc21. The van der Waals surface area contributed by atoms with Crippen molar-refractivity contribution >= 4 is 11.0 Å². The molecule has 0 amide bonds. The molecule has 170 valence electrons. The Balaban J connectivity index is 1.28. The predicted molar refractivity (Wildman–Crippen MR) is 131 cm³/mol. The minimum atomic E-state index is -0.196. The number of hydrogen-bond donors (Lipinski definition) is 0. The van der Waals surface area contributed by atoms with Crippen molar-refractivity contribution in [2.75, 3.05) is 13.1 Å². The van der Waals surface area contributed by atoms with E-state index >= 15 is 0 Å². The number of hydrogen-bond acceptors (Lipinski definition) is 3. The summed E-state index contributed by atoms with van der Waals surface area (Å²) in [5.41, 5.74) is 5.72. The molecule has 0 aliphatic carbocycles. The molecule has 0 unspecified atom stereocenters. The number of nitrogens with zero attached hydrogens (tertiary/aromatic N) is 4. The van der Waals surface area contributed by atoms with Crippen LogP contribution in [0.15, 0.2) is 66.9 Å². The Bertz CT molecular complexity index is 1210. The molecule has 0 spiro atoms. The smallest absolute Gasteiger partial charge is 0.124 e. The fraction of sp³-hybridized carbons (Fsp3) is 0.357. The topological polar surface area (TPSA) is 34.0 Å². The van der Waals surface area contributed by atoms with Crippen LogP contribution in [0.3, 0.4) is 0 Å². The normalized spacial score (nSPS) is 17.2. The fourth-order valence-electron chi connectivity index (χ4n) is 5.04.